The van der Waals surface area contributed by atoms with Crippen LogP contribution in [0, 0.1) is 5.82 Å². The largest absolute Gasteiger partial charge is 0.416 e. The van der Waals surface area contributed by atoms with Gasteiger partial charge in [0, 0.05) is 25.1 Å². The van der Waals surface area contributed by atoms with Gasteiger partial charge < -0.3 is 4.90 Å². The van der Waals surface area contributed by atoms with E-state index in [1.165, 1.54) is 11.9 Å². The van der Waals surface area contributed by atoms with Crippen molar-refractivity contribution >= 4 is 5.91 Å². The zero-order valence-corrected chi connectivity index (χ0v) is 12.2. The molecule has 0 spiro atoms. The Balaban J connectivity index is 2.18. The summed E-state index contributed by atoms with van der Waals surface area (Å²) in [4.78, 5) is 13.4. The summed E-state index contributed by atoms with van der Waals surface area (Å²) in [5.74, 6) is -1.79. The Hall–Kier alpha value is -2.52. The van der Waals surface area contributed by atoms with Crippen molar-refractivity contribution in [2.75, 3.05) is 13.6 Å². The number of nitrogens with zero attached hydrogens (tertiary/aromatic N) is 4. The van der Waals surface area contributed by atoms with Crippen molar-refractivity contribution < 1.29 is 22.4 Å². The molecule has 1 aromatic heterocycles. The van der Waals surface area contributed by atoms with E-state index in [-0.39, 0.29) is 18.0 Å². The molecule has 0 saturated heterocycles. The first-order valence-electron chi connectivity index (χ1n) is 6.55. The molecule has 1 N–H and O–H groups in total. The second kappa shape index (κ2) is 6.31. The van der Waals surface area contributed by atoms with Gasteiger partial charge >= 0.3 is 6.18 Å². The number of hydrogen-bond acceptors (Lipinski definition) is 4. The van der Waals surface area contributed by atoms with Crippen LogP contribution in [0.2, 0.25) is 0 Å². The molecule has 2 aromatic rings. The number of tetrazole rings is 1. The van der Waals surface area contributed by atoms with Gasteiger partial charge in [0.25, 0.3) is 5.91 Å². The normalized spacial score (nSPS) is 13.0. The fourth-order valence-corrected chi connectivity index (χ4v) is 2.05. The van der Waals surface area contributed by atoms with Gasteiger partial charge in [-0.3, -0.25) is 4.79 Å². The Labute approximate surface area is 128 Å². The fourth-order valence-electron chi connectivity index (χ4n) is 2.05. The second-order valence-electron chi connectivity index (χ2n) is 5.08. The molecule has 0 saturated carbocycles. The number of likely N-dealkylation sites (N-methyl/N-ethyl adjacent to an activating group) is 1. The maximum absolute atomic E-state index is 13.4. The lowest BCUT2D eigenvalue weighted by Crippen LogP contribution is -2.31. The summed E-state index contributed by atoms with van der Waals surface area (Å²) >= 11 is 0. The topological polar surface area (TPSA) is 74.8 Å². The summed E-state index contributed by atoms with van der Waals surface area (Å²) in [6.45, 7) is 1.86. The maximum atomic E-state index is 13.4. The Bertz CT molecular complexity index is 686. The smallest absolute Gasteiger partial charge is 0.341 e. The quantitative estimate of drug-likeness (QED) is 0.872. The second-order valence-corrected chi connectivity index (χ2v) is 5.08. The average molecular weight is 331 g/mol. The highest BCUT2D eigenvalue weighted by atomic mass is 19.4. The van der Waals surface area contributed by atoms with Crippen molar-refractivity contribution in [1.29, 1.82) is 0 Å². The van der Waals surface area contributed by atoms with E-state index in [1.807, 2.05) is 0 Å². The van der Waals surface area contributed by atoms with Crippen LogP contribution < -0.4 is 0 Å². The molecule has 0 radical (unpaired) electrons. The predicted octanol–water partition coefficient (Wildman–Crippen LogP) is 2.23. The minimum Gasteiger partial charge on any atom is -0.341 e. The standard InChI is InChI=1S/C13H13F4N5O/c1-7(11-18-20-21-19-11)6-22(2)12(23)8-3-9(13(15,16)17)5-10(14)4-8/h3-5,7H,6H2,1-2H3,(H,18,19,20,21)/t7-/m1/s1. The van der Waals surface area contributed by atoms with Gasteiger partial charge in [0.05, 0.1) is 5.56 Å². The number of carbonyl (C=O) groups is 1. The number of nitrogens with one attached hydrogen (secondary N) is 1. The summed E-state index contributed by atoms with van der Waals surface area (Å²) in [5.41, 5.74) is -1.58. The molecule has 0 aliphatic rings. The lowest BCUT2D eigenvalue weighted by atomic mass is 10.1. The number of H-pyrrole nitrogens is 1. The van der Waals surface area contributed by atoms with E-state index in [9.17, 15) is 22.4 Å². The SMILES string of the molecule is C[C@H](CN(C)C(=O)c1cc(F)cc(C(F)(F)F)c1)c1nn[nH]n1. The summed E-state index contributed by atoms with van der Waals surface area (Å²) in [7, 11) is 1.40. The maximum Gasteiger partial charge on any atom is 0.416 e. The lowest BCUT2D eigenvalue weighted by molar-refractivity contribution is -0.137. The van der Waals surface area contributed by atoms with Gasteiger partial charge in [0.1, 0.15) is 5.82 Å². The van der Waals surface area contributed by atoms with E-state index in [0.717, 1.165) is 6.07 Å². The number of aromatic nitrogens is 4. The van der Waals surface area contributed by atoms with Gasteiger partial charge in [0.15, 0.2) is 5.82 Å². The summed E-state index contributed by atoms with van der Waals surface area (Å²) in [6, 6.07) is 1.74. The van der Waals surface area contributed by atoms with E-state index in [0.29, 0.717) is 18.0 Å². The Morgan fingerprint density at radius 2 is 2.04 bits per heavy atom. The molecule has 1 aromatic carbocycles. The molecule has 6 nitrogen and oxygen atoms in total. The molecule has 124 valence electrons. The number of hydrogen-bond donors (Lipinski definition) is 1. The molecular formula is C13H13F4N5O. The van der Waals surface area contributed by atoms with E-state index >= 15 is 0 Å². The summed E-state index contributed by atoms with van der Waals surface area (Å²) in [6.07, 6.45) is -4.73. The third kappa shape index (κ3) is 4.02. The third-order valence-corrected chi connectivity index (χ3v) is 3.17. The van der Waals surface area contributed by atoms with Crippen molar-refractivity contribution in [3.63, 3.8) is 0 Å². The van der Waals surface area contributed by atoms with Crippen molar-refractivity contribution in [3.8, 4) is 0 Å². The number of benzene rings is 1. The van der Waals surface area contributed by atoms with Gasteiger partial charge in [-0.2, -0.15) is 18.4 Å². The molecule has 0 aliphatic heterocycles. The van der Waals surface area contributed by atoms with Crippen molar-refractivity contribution in [1.82, 2.24) is 25.5 Å². The molecule has 0 fully saturated rings. The first kappa shape index (κ1) is 16.8. The van der Waals surface area contributed by atoms with Gasteiger partial charge in [-0.25, -0.2) is 4.39 Å². The zero-order valence-electron chi connectivity index (χ0n) is 12.2. The number of aromatic amines is 1. The number of alkyl halides is 3. The number of amides is 1. The van der Waals surface area contributed by atoms with Crippen LogP contribution >= 0.6 is 0 Å². The van der Waals surface area contributed by atoms with Crippen molar-refractivity contribution in [2.45, 2.75) is 19.0 Å². The van der Waals surface area contributed by atoms with E-state index in [2.05, 4.69) is 20.6 Å². The number of halogens is 4. The Kier molecular flexibility index (Phi) is 4.62. The summed E-state index contributed by atoms with van der Waals surface area (Å²) < 4.78 is 51.4. The average Bonchev–Trinajstić information content (AvgIpc) is 2.99. The fraction of sp³-hybridized carbons (Fsp3) is 0.385. The van der Waals surface area contributed by atoms with Crippen LogP contribution in [-0.2, 0) is 6.18 Å². The molecule has 1 amide bonds. The first-order chi connectivity index (χ1) is 10.7. The summed E-state index contributed by atoms with van der Waals surface area (Å²) in [5, 5.41) is 13.2. The van der Waals surface area contributed by atoms with E-state index < -0.39 is 23.5 Å². The Morgan fingerprint density at radius 3 is 2.61 bits per heavy atom. The first-order valence-corrected chi connectivity index (χ1v) is 6.55. The molecule has 2 rings (SSSR count). The van der Waals surface area contributed by atoms with Crippen LogP contribution in [0.3, 0.4) is 0 Å². The van der Waals surface area contributed by atoms with Crippen molar-refractivity contribution in [3.05, 3.63) is 41.0 Å². The van der Waals surface area contributed by atoms with Crippen LogP contribution in [0.25, 0.3) is 0 Å². The Morgan fingerprint density at radius 1 is 1.35 bits per heavy atom. The minimum atomic E-state index is -4.73. The highest BCUT2D eigenvalue weighted by Crippen LogP contribution is 2.30. The lowest BCUT2D eigenvalue weighted by Gasteiger charge is -2.20. The van der Waals surface area contributed by atoms with E-state index in [4.69, 9.17) is 0 Å². The third-order valence-electron chi connectivity index (χ3n) is 3.17. The monoisotopic (exact) mass is 331 g/mol. The highest BCUT2D eigenvalue weighted by Gasteiger charge is 2.32. The molecule has 10 heteroatoms. The zero-order chi connectivity index (χ0) is 17.2. The van der Waals surface area contributed by atoms with Crippen LogP contribution in [0.1, 0.15) is 34.6 Å². The van der Waals surface area contributed by atoms with Crippen LogP contribution in [0.4, 0.5) is 17.6 Å². The molecular weight excluding hydrogens is 318 g/mol. The number of rotatable bonds is 4. The van der Waals surface area contributed by atoms with Gasteiger partial charge in [-0.1, -0.05) is 12.1 Å². The molecule has 1 atom stereocenters. The van der Waals surface area contributed by atoms with Crippen LogP contribution in [0.5, 0.6) is 0 Å². The van der Waals surface area contributed by atoms with Crippen LogP contribution in [0.15, 0.2) is 18.2 Å². The molecule has 23 heavy (non-hydrogen) atoms. The van der Waals surface area contributed by atoms with Gasteiger partial charge in [-0.15, -0.1) is 10.2 Å². The van der Waals surface area contributed by atoms with Crippen LogP contribution in [-0.4, -0.2) is 45.0 Å². The molecule has 1 heterocycles. The van der Waals surface area contributed by atoms with Crippen molar-refractivity contribution in [2.24, 2.45) is 0 Å². The van der Waals surface area contributed by atoms with Gasteiger partial charge in [-0.05, 0) is 18.2 Å². The highest BCUT2D eigenvalue weighted by molar-refractivity contribution is 5.94. The molecule has 0 bridgehead atoms. The van der Waals surface area contributed by atoms with E-state index in [1.54, 1.807) is 6.92 Å². The predicted molar refractivity (Wildman–Crippen MR) is 71.0 cm³/mol. The minimum absolute atomic E-state index is 0.135. The molecule has 0 unspecified atom stereocenters. The molecule has 0 aliphatic carbocycles. The van der Waals surface area contributed by atoms with Gasteiger partial charge in [0.2, 0.25) is 0 Å². The number of carbonyl (C=O) groups excluding carboxylic acids is 1.